The van der Waals surface area contributed by atoms with Crippen molar-refractivity contribution in [2.24, 2.45) is 0 Å². The van der Waals surface area contributed by atoms with E-state index in [1.807, 2.05) is 12.1 Å². The molecule has 2 rings (SSSR count). The Morgan fingerprint density at radius 3 is 2.45 bits per heavy atom. The minimum absolute atomic E-state index is 0.819. The molecular formula is C18H22OS. The van der Waals surface area contributed by atoms with Crippen molar-refractivity contribution in [2.75, 3.05) is 6.61 Å². The smallest absolute Gasteiger partial charge is 0.120 e. The summed E-state index contributed by atoms with van der Waals surface area (Å²) in [5.74, 6) is 0.974. The number of unbranched alkanes of at least 4 members (excludes halogenated alkanes) is 3. The zero-order valence-corrected chi connectivity index (χ0v) is 12.9. The highest BCUT2D eigenvalue weighted by Gasteiger charge is 1.99. The summed E-state index contributed by atoms with van der Waals surface area (Å²) in [6, 6.07) is 18.8. The fourth-order valence-electron chi connectivity index (χ4n) is 1.97. The molecule has 0 aliphatic rings. The monoisotopic (exact) mass is 286 g/mol. The highest BCUT2D eigenvalue weighted by Crippen LogP contribution is 2.29. The summed E-state index contributed by atoms with van der Waals surface area (Å²) in [5.41, 5.74) is 0. The third-order valence-electron chi connectivity index (χ3n) is 3.05. The van der Waals surface area contributed by atoms with Gasteiger partial charge in [-0.25, -0.2) is 0 Å². The van der Waals surface area contributed by atoms with Crippen LogP contribution in [0.25, 0.3) is 0 Å². The van der Waals surface area contributed by atoms with Crippen molar-refractivity contribution in [1.29, 1.82) is 0 Å². The van der Waals surface area contributed by atoms with E-state index in [1.165, 1.54) is 29.1 Å². The Kier molecular flexibility index (Phi) is 6.52. The minimum Gasteiger partial charge on any atom is -0.494 e. The van der Waals surface area contributed by atoms with Crippen LogP contribution < -0.4 is 4.74 Å². The number of hydrogen-bond acceptors (Lipinski definition) is 2. The molecule has 106 valence electrons. The molecule has 1 nitrogen and oxygen atoms in total. The van der Waals surface area contributed by atoms with Gasteiger partial charge in [-0.2, -0.15) is 0 Å². The van der Waals surface area contributed by atoms with E-state index < -0.39 is 0 Å². The average molecular weight is 286 g/mol. The summed E-state index contributed by atoms with van der Waals surface area (Å²) in [5, 5.41) is 0. The summed E-state index contributed by atoms with van der Waals surface area (Å²) in [6.07, 6.45) is 4.97. The molecule has 0 saturated carbocycles. The molecule has 0 aliphatic carbocycles. The number of ether oxygens (including phenoxy) is 1. The standard InChI is InChI=1S/C18H22OS/c1-2-3-4-8-14-19-16-10-9-13-18(15-16)20-17-11-6-5-7-12-17/h5-7,9-13,15H,2-4,8,14H2,1H3. The van der Waals surface area contributed by atoms with E-state index in [4.69, 9.17) is 4.74 Å². The Morgan fingerprint density at radius 2 is 1.65 bits per heavy atom. The molecule has 0 aliphatic heterocycles. The molecule has 0 radical (unpaired) electrons. The summed E-state index contributed by atoms with van der Waals surface area (Å²) >= 11 is 1.77. The molecule has 0 N–H and O–H groups in total. The van der Waals surface area contributed by atoms with Gasteiger partial charge in [0.25, 0.3) is 0 Å². The Labute approximate surface area is 126 Å². The lowest BCUT2D eigenvalue weighted by Gasteiger charge is -2.08. The van der Waals surface area contributed by atoms with Gasteiger partial charge in [-0.1, -0.05) is 62.2 Å². The predicted molar refractivity (Wildman–Crippen MR) is 86.6 cm³/mol. The molecule has 0 aromatic heterocycles. The molecule has 0 amide bonds. The van der Waals surface area contributed by atoms with Crippen LogP contribution in [0.4, 0.5) is 0 Å². The number of rotatable bonds is 8. The summed E-state index contributed by atoms with van der Waals surface area (Å²) < 4.78 is 5.82. The van der Waals surface area contributed by atoms with E-state index in [2.05, 4.69) is 49.4 Å². The van der Waals surface area contributed by atoms with Crippen LogP contribution in [0.1, 0.15) is 32.6 Å². The Bertz CT molecular complexity index is 496. The maximum atomic E-state index is 5.82. The number of hydrogen-bond donors (Lipinski definition) is 0. The lowest BCUT2D eigenvalue weighted by molar-refractivity contribution is 0.304. The van der Waals surface area contributed by atoms with E-state index in [0.717, 1.165) is 18.8 Å². The fourth-order valence-corrected chi connectivity index (χ4v) is 2.86. The Balaban J connectivity index is 1.84. The maximum absolute atomic E-state index is 5.82. The van der Waals surface area contributed by atoms with Gasteiger partial charge in [-0.05, 0) is 36.8 Å². The summed E-state index contributed by atoms with van der Waals surface area (Å²) in [7, 11) is 0. The van der Waals surface area contributed by atoms with Gasteiger partial charge in [0.05, 0.1) is 6.61 Å². The van der Waals surface area contributed by atoms with Gasteiger partial charge in [0.2, 0.25) is 0 Å². The van der Waals surface area contributed by atoms with E-state index in [9.17, 15) is 0 Å². The lowest BCUT2D eigenvalue weighted by atomic mass is 10.2. The van der Waals surface area contributed by atoms with Crippen molar-refractivity contribution in [3.05, 3.63) is 54.6 Å². The van der Waals surface area contributed by atoms with Crippen LogP contribution >= 0.6 is 11.8 Å². The molecule has 0 fully saturated rings. The largest absolute Gasteiger partial charge is 0.494 e. The van der Waals surface area contributed by atoms with Crippen molar-refractivity contribution < 1.29 is 4.74 Å². The van der Waals surface area contributed by atoms with Crippen LogP contribution in [-0.2, 0) is 0 Å². The topological polar surface area (TPSA) is 9.23 Å². The first-order valence-electron chi connectivity index (χ1n) is 7.34. The minimum atomic E-state index is 0.819. The lowest BCUT2D eigenvalue weighted by Crippen LogP contribution is -1.97. The van der Waals surface area contributed by atoms with E-state index in [0.29, 0.717) is 0 Å². The first-order chi connectivity index (χ1) is 9.88. The van der Waals surface area contributed by atoms with E-state index in [1.54, 1.807) is 11.8 Å². The Morgan fingerprint density at radius 1 is 0.850 bits per heavy atom. The first-order valence-corrected chi connectivity index (χ1v) is 8.16. The molecule has 2 aromatic rings. The van der Waals surface area contributed by atoms with Crippen LogP contribution in [0.5, 0.6) is 5.75 Å². The third kappa shape index (κ3) is 5.30. The summed E-state index contributed by atoms with van der Waals surface area (Å²) in [4.78, 5) is 2.48. The van der Waals surface area contributed by atoms with Crippen molar-refractivity contribution in [3.63, 3.8) is 0 Å². The first kappa shape index (κ1) is 15.0. The van der Waals surface area contributed by atoms with Crippen LogP contribution in [0.2, 0.25) is 0 Å². The molecule has 0 heterocycles. The number of benzene rings is 2. The molecule has 0 saturated heterocycles. The quantitative estimate of drug-likeness (QED) is 0.567. The highest BCUT2D eigenvalue weighted by molar-refractivity contribution is 7.99. The fraction of sp³-hybridized carbons (Fsp3) is 0.333. The molecular weight excluding hydrogens is 264 g/mol. The normalized spacial score (nSPS) is 10.4. The average Bonchev–Trinajstić information content (AvgIpc) is 2.48. The predicted octanol–water partition coefficient (Wildman–Crippen LogP) is 5.80. The zero-order chi connectivity index (χ0) is 14.0. The summed E-state index contributed by atoms with van der Waals surface area (Å²) in [6.45, 7) is 3.05. The van der Waals surface area contributed by atoms with Gasteiger partial charge >= 0.3 is 0 Å². The van der Waals surface area contributed by atoms with Gasteiger partial charge in [0.1, 0.15) is 5.75 Å². The second kappa shape index (κ2) is 8.70. The van der Waals surface area contributed by atoms with Gasteiger partial charge in [-0.3, -0.25) is 0 Å². The van der Waals surface area contributed by atoms with Crippen molar-refractivity contribution >= 4 is 11.8 Å². The SMILES string of the molecule is CCCCCCOc1cccc(Sc2ccccc2)c1. The van der Waals surface area contributed by atoms with Crippen LogP contribution in [-0.4, -0.2) is 6.61 Å². The van der Waals surface area contributed by atoms with Gasteiger partial charge < -0.3 is 4.74 Å². The van der Waals surface area contributed by atoms with Gasteiger partial charge in [0, 0.05) is 9.79 Å². The van der Waals surface area contributed by atoms with E-state index in [-0.39, 0.29) is 0 Å². The van der Waals surface area contributed by atoms with Gasteiger partial charge in [0.15, 0.2) is 0 Å². The highest BCUT2D eigenvalue weighted by atomic mass is 32.2. The maximum Gasteiger partial charge on any atom is 0.120 e. The molecule has 0 spiro atoms. The van der Waals surface area contributed by atoms with Crippen LogP contribution in [0, 0.1) is 0 Å². The molecule has 0 atom stereocenters. The third-order valence-corrected chi connectivity index (χ3v) is 4.05. The second-order valence-corrected chi connectivity index (χ2v) is 5.95. The van der Waals surface area contributed by atoms with Crippen LogP contribution in [0.3, 0.4) is 0 Å². The zero-order valence-electron chi connectivity index (χ0n) is 12.0. The van der Waals surface area contributed by atoms with E-state index >= 15 is 0 Å². The van der Waals surface area contributed by atoms with Crippen LogP contribution in [0.15, 0.2) is 64.4 Å². The molecule has 0 unspecified atom stereocenters. The Hall–Kier alpha value is -1.41. The molecule has 20 heavy (non-hydrogen) atoms. The van der Waals surface area contributed by atoms with Crippen molar-refractivity contribution in [2.45, 2.75) is 42.4 Å². The second-order valence-electron chi connectivity index (χ2n) is 4.80. The van der Waals surface area contributed by atoms with Crippen molar-refractivity contribution in [3.8, 4) is 5.75 Å². The molecule has 0 bridgehead atoms. The van der Waals surface area contributed by atoms with Gasteiger partial charge in [-0.15, -0.1) is 0 Å². The molecule has 2 aromatic carbocycles. The molecule has 2 heteroatoms. The van der Waals surface area contributed by atoms with Crippen molar-refractivity contribution in [1.82, 2.24) is 0 Å².